The number of aryl methyl sites for hydroxylation is 1. The Kier molecular flexibility index (Phi) is 7.26. The third kappa shape index (κ3) is 5.84. The van der Waals surface area contributed by atoms with Crippen molar-refractivity contribution < 1.29 is 24.2 Å². The normalized spacial score (nSPS) is 10.6. The summed E-state index contributed by atoms with van der Waals surface area (Å²) in [6.07, 6.45) is 4.61. The number of aliphatic carboxylic acids is 1. The molecular formula is C21H25N5O5. The van der Waals surface area contributed by atoms with Gasteiger partial charge < -0.3 is 19.9 Å². The van der Waals surface area contributed by atoms with E-state index in [4.69, 9.17) is 14.6 Å². The molecule has 2 aromatic heterocycles. The molecular weight excluding hydrogens is 402 g/mol. The maximum atomic E-state index is 12.5. The van der Waals surface area contributed by atoms with Gasteiger partial charge in [-0.2, -0.15) is 10.2 Å². The number of rotatable bonds is 11. The van der Waals surface area contributed by atoms with Crippen LogP contribution >= 0.6 is 0 Å². The van der Waals surface area contributed by atoms with Crippen molar-refractivity contribution in [3.8, 4) is 11.5 Å². The number of aromatic nitrogens is 4. The molecule has 0 aliphatic heterocycles. The second-order valence-corrected chi connectivity index (χ2v) is 6.61. The van der Waals surface area contributed by atoms with Crippen LogP contribution in [0.25, 0.3) is 0 Å². The fourth-order valence-corrected chi connectivity index (χ4v) is 3.00. The number of ether oxygens (including phenoxy) is 2. The minimum Gasteiger partial charge on any atom is -0.490 e. The molecule has 3 aromatic rings. The number of carbonyl (C=O) groups is 2. The summed E-state index contributed by atoms with van der Waals surface area (Å²) >= 11 is 0. The maximum absolute atomic E-state index is 12.5. The first-order valence-electron chi connectivity index (χ1n) is 9.96. The van der Waals surface area contributed by atoms with Gasteiger partial charge in [0, 0.05) is 12.4 Å². The minimum atomic E-state index is -0.954. The molecule has 164 valence electrons. The van der Waals surface area contributed by atoms with Gasteiger partial charge in [0.2, 0.25) is 0 Å². The van der Waals surface area contributed by atoms with Gasteiger partial charge in [-0.1, -0.05) is 6.07 Å². The van der Waals surface area contributed by atoms with E-state index in [2.05, 4.69) is 15.5 Å². The first-order chi connectivity index (χ1) is 15.0. The average molecular weight is 427 g/mol. The molecule has 3 rings (SSSR count). The Hall–Kier alpha value is -3.82. The maximum Gasteiger partial charge on any atom is 0.305 e. The molecule has 0 fully saturated rings. The van der Waals surface area contributed by atoms with Crippen LogP contribution in [0.5, 0.6) is 11.5 Å². The van der Waals surface area contributed by atoms with Crippen LogP contribution in [0.4, 0.5) is 5.69 Å². The number of carboxylic acid groups (broad SMARTS) is 1. The third-order valence-corrected chi connectivity index (χ3v) is 4.33. The highest BCUT2D eigenvalue weighted by atomic mass is 16.5. The lowest BCUT2D eigenvalue weighted by molar-refractivity contribution is -0.137. The quantitative estimate of drug-likeness (QED) is 0.483. The van der Waals surface area contributed by atoms with Crippen molar-refractivity contribution in [2.45, 2.75) is 33.4 Å². The van der Waals surface area contributed by atoms with E-state index >= 15 is 0 Å². The Balaban J connectivity index is 1.66. The summed E-state index contributed by atoms with van der Waals surface area (Å²) in [4.78, 5) is 23.3. The van der Waals surface area contributed by atoms with E-state index in [1.165, 1.54) is 16.9 Å². The van der Waals surface area contributed by atoms with Crippen LogP contribution in [0, 0.1) is 0 Å². The second kappa shape index (κ2) is 10.3. The van der Waals surface area contributed by atoms with Crippen LogP contribution in [0.2, 0.25) is 0 Å². The van der Waals surface area contributed by atoms with Crippen molar-refractivity contribution in [2.75, 3.05) is 18.5 Å². The van der Waals surface area contributed by atoms with Crippen molar-refractivity contribution in [1.82, 2.24) is 19.6 Å². The van der Waals surface area contributed by atoms with E-state index in [0.717, 1.165) is 5.56 Å². The van der Waals surface area contributed by atoms with E-state index in [9.17, 15) is 9.59 Å². The largest absolute Gasteiger partial charge is 0.490 e. The molecule has 0 radical (unpaired) electrons. The fraction of sp³-hybridized carbons (Fsp3) is 0.333. The van der Waals surface area contributed by atoms with Crippen LogP contribution in [0.15, 0.2) is 42.9 Å². The molecule has 0 spiro atoms. The van der Waals surface area contributed by atoms with Gasteiger partial charge in [-0.05, 0) is 37.6 Å². The predicted molar refractivity (Wildman–Crippen MR) is 113 cm³/mol. The summed E-state index contributed by atoms with van der Waals surface area (Å²) in [6, 6.07) is 7.26. The highest BCUT2D eigenvalue weighted by Crippen LogP contribution is 2.29. The Labute approximate surface area is 179 Å². The lowest BCUT2D eigenvalue weighted by Gasteiger charge is -2.12. The van der Waals surface area contributed by atoms with E-state index in [-0.39, 0.29) is 24.6 Å². The highest BCUT2D eigenvalue weighted by molar-refractivity contribution is 6.02. The van der Waals surface area contributed by atoms with E-state index in [0.29, 0.717) is 36.9 Å². The third-order valence-electron chi connectivity index (χ3n) is 4.33. The van der Waals surface area contributed by atoms with E-state index in [1.807, 2.05) is 32.0 Å². The molecule has 0 aliphatic rings. The van der Waals surface area contributed by atoms with Gasteiger partial charge in [0.1, 0.15) is 5.69 Å². The number of hydrogen-bond donors (Lipinski definition) is 2. The van der Waals surface area contributed by atoms with Crippen LogP contribution in [-0.4, -0.2) is 49.8 Å². The van der Waals surface area contributed by atoms with Gasteiger partial charge in [-0.15, -0.1) is 0 Å². The number of amides is 1. The first kappa shape index (κ1) is 21.9. The molecule has 0 atom stereocenters. The summed E-state index contributed by atoms with van der Waals surface area (Å²) in [5, 5.41) is 19.9. The molecule has 2 heterocycles. The molecule has 10 nitrogen and oxygen atoms in total. The number of nitrogens with one attached hydrogen (secondary N) is 1. The summed E-state index contributed by atoms with van der Waals surface area (Å²) in [5.74, 6) is 0.0326. The molecule has 2 N–H and O–H groups in total. The monoisotopic (exact) mass is 427 g/mol. The van der Waals surface area contributed by atoms with Crippen molar-refractivity contribution >= 4 is 17.6 Å². The highest BCUT2D eigenvalue weighted by Gasteiger charge is 2.14. The van der Waals surface area contributed by atoms with E-state index < -0.39 is 5.97 Å². The Morgan fingerprint density at radius 3 is 2.61 bits per heavy atom. The molecule has 0 bridgehead atoms. The Morgan fingerprint density at radius 1 is 1.10 bits per heavy atom. The second-order valence-electron chi connectivity index (χ2n) is 6.61. The number of benzene rings is 1. The molecule has 1 amide bonds. The van der Waals surface area contributed by atoms with Crippen LogP contribution in [0.3, 0.4) is 0 Å². The summed E-state index contributed by atoms with van der Waals surface area (Å²) in [5.41, 5.74) is 1.77. The zero-order valence-electron chi connectivity index (χ0n) is 17.4. The number of carboxylic acids is 1. The Bertz CT molecular complexity index is 1040. The number of nitrogens with zero attached hydrogens (tertiary/aromatic N) is 4. The minimum absolute atomic E-state index is 0.115. The standard InChI is InChI=1S/C21H25N5O5/c1-3-30-18-6-5-15(11-19(18)31-4-2)13-25-14-16(12-23-25)24-21(29)17-7-9-22-26(17)10-8-20(27)28/h5-7,9,11-12,14H,3-4,8,10,13H2,1-2H3,(H,24,29)(H,27,28). The number of anilines is 1. The molecule has 1 aromatic carbocycles. The van der Waals surface area contributed by atoms with Crippen molar-refractivity contribution in [3.05, 3.63) is 54.1 Å². The SMILES string of the molecule is CCOc1ccc(Cn2cc(NC(=O)c3ccnn3CCC(=O)O)cn2)cc1OCC. The van der Waals surface area contributed by atoms with Crippen LogP contribution in [0.1, 0.15) is 36.3 Å². The number of carbonyl (C=O) groups excluding carboxylic acids is 1. The lowest BCUT2D eigenvalue weighted by Crippen LogP contribution is -2.18. The summed E-state index contributed by atoms with van der Waals surface area (Å²) in [6.45, 7) is 5.52. The van der Waals surface area contributed by atoms with Gasteiger partial charge in [-0.3, -0.25) is 19.0 Å². The Morgan fingerprint density at radius 2 is 1.87 bits per heavy atom. The molecule has 0 aliphatic carbocycles. The molecule has 10 heteroatoms. The first-order valence-corrected chi connectivity index (χ1v) is 9.96. The van der Waals surface area contributed by atoms with Crippen molar-refractivity contribution in [1.29, 1.82) is 0 Å². The van der Waals surface area contributed by atoms with Crippen molar-refractivity contribution in [2.24, 2.45) is 0 Å². The number of hydrogen-bond acceptors (Lipinski definition) is 6. The zero-order chi connectivity index (χ0) is 22.2. The molecule has 31 heavy (non-hydrogen) atoms. The van der Waals surface area contributed by atoms with Gasteiger partial charge in [0.15, 0.2) is 11.5 Å². The van der Waals surface area contributed by atoms with Crippen molar-refractivity contribution in [3.63, 3.8) is 0 Å². The van der Waals surface area contributed by atoms with Gasteiger partial charge in [0.25, 0.3) is 5.91 Å². The summed E-state index contributed by atoms with van der Waals surface area (Å²) in [7, 11) is 0. The molecule has 0 unspecified atom stereocenters. The van der Waals surface area contributed by atoms with Gasteiger partial charge in [0.05, 0.1) is 44.6 Å². The molecule has 0 saturated heterocycles. The van der Waals surface area contributed by atoms with Crippen LogP contribution < -0.4 is 14.8 Å². The van der Waals surface area contributed by atoms with Gasteiger partial charge >= 0.3 is 5.97 Å². The van der Waals surface area contributed by atoms with Gasteiger partial charge in [-0.25, -0.2) is 0 Å². The topological polar surface area (TPSA) is 121 Å². The lowest BCUT2D eigenvalue weighted by atomic mass is 10.2. The van der Waals surface area contributed by atoms with Crippen LogP contribution in [-0.2, 0) is 17.9 Å². The predicted octanol–water partition coefficient (Wildman–Crippen LogP) is 2.65. The van der Waals surface area contributed by atoms with E-state index in [1.54, 1.807) is 17.1 Å². The fourth-order valence-electron chi connectivity index (χ4n) is 3.00. The molecule has 0 saturated carbocycles. The average Bonchev–Trinajstić information content (AvgIpc) is 3.38. The smallest absolute Gasteiger partial charge is 0.305 e. The zero-order valence-corrected chi connectivity index (χ0v) is 17.4. The summed E-state index contributed by atoms with van der Waals surface area (Å²) < 4.78 is 14.3.